The summed E-state index contributed by atoms with van der Waals surface area (Å²) >= 11 is 0. The Morgan fingerprint density at radius 2 is 2.00 bits per heavy atom. The van der Waals surface area contributed by atoms with Gasteiger partial charge in [-0.25, -0.2) is 0 Å². The Morgan fingerprint density at radius 3 is 2.67 bits per heavy atom. The van der Waals surface area contributed by atoms with Gasteiger partial charge in [0.1, 0.15) is 0 Å². The highest BCUT2D eigenvalue weighted by molar-refractivity contribution is 5.54. The van der Waals surface area contributed by atoms with Gasteiger partial charge in [-0.05, 0) is 24.1 Å². The van der Waals surface area contributed by atoms with Crippen LogP contribution >= 0.6 is 0 Å². The summed E-state index contributed by atoms with van der Waals surface area (Å²) in [5.41, 5.74) is 7.37. The number of nitriles is 1. The molecule has 0 bridgehead atoms. The topological polar surface area (TPSA) is 110 Å². The number of anilines is 3. The van der Waals surface area contributed by atoms with Crippen LogP contribution in [0.25, 0.3) is 0 Å². The van der Waals surface area contributed by atoms with E-state index in [1.54, 1.807) is 0 Å². The molecular weight excluding hydrogens is 268 g/mol. The molecule has 1 aromatic heterocycles. The van der Waals surface area contributed by atoms with E-state index < -0.39 is 0 Å². The lowest BCUT2D eigenvalue weighted by atomic mass is 10.1. The Kier molecular flexibility index (Phi) is 4.88. The number of aromatic nitrogens is 3. The average Bonchev–Trinajstić information content (AvgIpc) is 2.47. The van der Waals surface area contributed by atoms with Crippen molar-refractivity contribution in [3.8, 4) is 12.1 Å². The third-order valence-corrected chi connectivity index (χ3v) is 2.56. The van der Waals surface area contributed by atoms with Crippen molar-refractivity contribution in [2.45, 2.75) is 19.8 Å². The lowest BCUT2D eigenvalue weighted by Crippen LogP contribution is -2.07. The van der Waals surface area contributed by atoms with Gasteiger partial charge >= 0.3 is 6.01 Å². The van der Waals surface area contributed by atoms with E-state index in [-0.39, 0.29) is 12.0 Å². The molecule has 0 aliphatic heterocycles. The van der Waals surface area contributed by atoms with E-state index in [0.29, 0.717) is 19.0 Å². The van der Waals surface area contributed by atoms with Crippen LogP contribution in [-0.2, 0) is 6.42 Å². The number of hydrogen-bond acceptors (Lipinski definition) is 7. The molecule has 1 aromatic carbocycles. The van der Waals surface area contributed by atoms with E-state index >= 15 is 0 Å². The number of hydrogen-bond donors (Lipinski definition) is 2. The van der Waals surface area contributed by atoms with E-state index in [1.165, 1.54) is 0 Å². The van der Waals surface area contributed by atoms with Crippen LogP contribution in [0, 0.1) is 11.3 Å². The molecule has 0 aliphatic carbocycles. The maximum atomic E-state index is 8.64. The van der Waals surface area contributed by atoms with Gasteiger partial charge in [0, 0.05) is 5.69 Å². The molecule has 108 valence electrons. The SMILES string of the molecule is CCCOc1nc(N)nc(Nc2ccc(CC#N)cc2)n1. The van der Waals surface area contributed by atoms with Crippen molar-refractivity contribution >= 4 is 17.6 Å². The number of nitrogens with two attached hydrogens (primary N) is 1. The van der Waals surface area contributed by atoms with Gasteiger partial charge in [-0.15, -0.1) is 0 Å². The first-order valence-electron chi connectivity index (χ1n) is 6.58. The van der Waals surface area contributed by atoms with E-state index in [0.717, 1.165) is 17.7 Å². The van der Waals surface area contributed by atoms with Crippen molar-refractivity contribution in [2.75, 3.05) is 17.7 Å². The summed E-state index contributed by atoms with van der Waals surface area (Å²) in [6.07, 6.45) is 1.24. The Morgan fingerprint density at radius 1 is 1.24 bits per heavy atom. The normalized spacial score (nSPS) is 9.90. The lowest BCUT2D eigenvalue weighted by molar-refractivity contribution is 0.292. The third-order valence-electron chi connectivity index (χ3n) is 2.56. The van der Waals surface area contributed by atoms with Crippen LogP contribution < -0.4 is 15.8 Å². The van der Waals surface area contributed by atoms with Crippen molar-refractivity contribution in [3.63, 3.8) is 0 Å². The van der Waals surface area contributed by atoms with Crippen molar-refractivity contribution in [1.29, 1.82) is 5.26 Å². The molecule has 7 heteroatoms. The second-order valence-electron chi connectivity index (χ2n) is 4.31. The minimum absolute atomic E-state index is 0.0969. The van der Waals surface area contributed by atoms with Crippen LogP contribution in [0.5, 0.6) is 6.01 Å². The second kappa shape index (κ2) is 7.05. The van der Waals surface area contributed by atoms with Gasteiger partial charge in [-0.1, -0.05) is 19.1 Å². The number of ether oxygens (including phenoxy) is 1. The first kappa shape index (κ1) is 14.5. The highest BCUT2D eigenvalue weighted by atomic mass is 16.5. The maximum Gasteiger partial charge on any atom is 0.323 e. The summed E-state index contributed by atoms with van der Waals surface area (Å²) in [5.74, 6) is 0.418. The van der Waals surface area contributed by atoms with Crippen LogP contribution in [0.1, 0.15) is 18.9 Å². The van der Waals surface area contributed by atoms with Crippen LogP contribution in [-0.4, -0.2) is 21.6 Å². The molecule has 0 saturated carbocycles. The second-order valence-corrected chi connectivity index (χ2v) is 4.31. The molecule has 0 spiro atoms. The Bertz CT molecular complexity index is 635. The van der Waals surface area contributed by atoms with Gasteiger partial charge in [0.15, 0.2) is 0 Å². The average molecular weight is 284 g/mol. The fraction of sp³-hybridized carbons (Fsp3) is 0.286. The standard InChI is InChI=1S/C14H16N6O/c1-2-9-21-14-19-12(16)18-13(20-14)17-11-5-3-10(4-6-11)7-8-15/h3-6H,2,7,9H2,1H3,(H3,16,17,18,19,20). The zero-order valence-corrected chi connectivity index (χ0v) is 11.7. The molecule has 2 rings (SSSR count). The molecule has 0 aliphatic rings. The summed E-state index contributed by atoms with van der Waals surface area (Å²) in [4.78, 5) is 12.1. The molecule has 0 fully saturated rings. The summed E-state index contributed by atoms with van der Waals surface area (Å²) in [7, 11) is 0. The summed E-state index contributed by atoms with van der Waals surface area (Å²) in [6.45, 7) is 2.51. The predicted octanol–water partition coefficient (Wildman–Crippen LogP) is 2.05. The monoisotopic (exact) mass is 284 g/mol. The molecule has 21 heavy (non-hydrogen) atoms. The summed E-state index contributed by atoms with van der Waals surface area (Å²) in [6, 6.07) is 9.73. The first-order chi connectivity index (χ1) is 10.2. The number of benzene rings is 1. The molecule has 7 nitrogen and oxygen atoms in total. The molecule has 1 heterocycles. The zero-order valence-electron chi connectivity index (χ0n) is 11.7. The third kappa shape index (κ3) is 4.31. The van der Waals surface area contributed by atoms with Crippen LogP contribution in [0.15, 0.2) is 24.3 Å². The molecule has 3 N–H and O–H groups in total. The van der Waals surface area contributed by atoms with Crippen LogP contribution in [0.3, 0.4) is 0 Å². The minimum atomic E-state index is 0.0969. The van der Waals surface area contributed by atoms with Gasteiger partial charge in [-0.2, -0.15) is 20.2 Å². The van der Waals surface area contributed by atoms with E-state index in [4.69, 9.17) is 15.7 Å². The maximum absolute atomic E-state index is 8.64. The summed E-state index contributed by atoms with van der Waals surface area (Å²) < 4.78 is 5.35. The highest BCUT2D eigenvalue weighted by Gasteiger charge is 2.05. The minimum Gasteiger partial charge on any atom is -0.463 e. The molecule has 0 unspecified atom stereocenters. The molecule has 2 aromatic rings. The van der Waals surface area contributed by atoms with Gasteiger partial charge in [0.05, 0.1) is 19.1 Å². The molecule has 0 amide bonds. The fourth-order valence-corrected chi connectivity index (χ4v) is 1.61. The molecule has 0 saturated heterocycles. The van der Waals surface area contributed by atoms with Gasteiger partial charge in [0.25, 0.3) is 0 Å². The fourth-order valence-electron chi connectivity index (χ4n) is 1.61. The molecule has 0 radical (unpaired) electrons. The van der Waals surface area contributed by atoms with E-state index in [2.05, 4.69) is 26.3 Å². The molecular formula is C14H16N6O. The van der Waals surface area contributed by atoms with Gasteiger partial charge in [-0.3, -0.25) is 0 Å². The summed E-state index contributed by atoms with van der Waals surface area (Å²) in [5, 5.41) is 11.7. The van der Waals surface area contributed by atoms with E-state index in [9.17, 15) is 0 Å². The number of nitrogen functional groups attached to an aromatic ring is 1. The van der Waals surface area contributed by atoms with E-state index in [1.807, 2.05) is 31.2 Å². The van der Waals surface area contributed by atoms with Crippen molar-refractivity contribution in [1.82, 2.24) is 15.0 Å². The van der Waals surface area contributed by atoms with Gasteiger partial charge in [0.2, 0.25) is 11.9 Å². The highest BCUT2D eigenvalue weighted by Crippen LogP contribution is 2.16. The lowest BCUT2D eigenvalue weighted by Gasteiger charge is -2.08. The Balaban J connectivity index is 2.11. The Labute approximate surface area is 122 Å². The molecule has 0 atom stereocenters. The van der Waals surface area contributed by atoms with Crippen molar-refractivity contribution in [3.05, 3.63) is 29.8 Å². The largest absolute Gasteiger partial charge is 0.463 e. The van der Waals surface area contributed by atoms with Crippen molar-refractivity contribution < 1.29 is 4.74 Å². The predicted molar refractivity (Wildman–Crippen MR) is 79.1 cm³/mol. The quantitative estimate of drug-likeness (QED) is 0.835. The van der Waals surface area contributed by atoms with Crippen LogP contribution in [0.4, 0.5) is 17.6 Å². The Hall–Kier alpha value is -2.88. The van der Waals surface area contributed by atoms with Crippen LogP contribution in [0.2, 0.25) is 0 Å². The first-order valence-corrected chi connectivity index (χ1v) is 6.58. The number of nitrogens with one attached hydrogen (secondary N) is 1. The smallest absolute Gasteiger partial charge is 0.323 e. The van der Waals surface area contributed by atoms with Crippen molar-refractivity contribution in [2.24, 2.45) is 0 Å². The zero-order chi connectivity index (χ0) is 15.1. The number of rotatable bonds is 6. The number of nitrogens with zero attached hydrogens (tertiary/aromatic N) is 4. The van der Waals surface area contributed by atoms with Gasteiger partial charge < -0.3 is 15.8 Å².